The normalized spacial score (nSPS) is 17.3. The molecule has 0 N–H and O–H groups in total. The SMILES string of the molecule is CCCCC(CC)CP(=O)(Cl)CCCC. The van der Waals surface area contributed by atoms with E-state index in [4.69, 9.17) is 11.2 Å². The second kappa shape index (κ2) is 8.65. The van der Waals surface area contributed by atoms with Gasteiger partial charge in [0.15, 0.2) is 6.49 Å². The van der Waals surface area contributed by atoms with Gasteiger partial charge in [0.05, 0.1) is 0 Å². The van der Waals surface area contributed by atoms with Gasteiger partial charge in [-0.15, -0.1) is 0 Å². The molecule has 0 aliphatic heterocycles. The van der Waals surface area contributed by atoms with Crippen LogP contribution in [0.2, 0.25) is 0 Å². The van der Waals surface area contributed by atoms with E-state index in [1.54, 1.807) is 0 Å². The molecule has 1 nitrogen and oxygen atoms in total. The zero-order valence-electron chi connectivity index (χ0n) is 10.5. The fourth-order valence-corrected chi connectivity index (χ4v) is 4.92. The van der Waals surface area contributed by atoms with Gasteiger partial charge in [-0.3, -0.25) is 0 Å². The van der Waals surface area contributed by atoms with Crippen LogP contribution >= 0.6 is 17.7 Å². The van der Waals surface area contributed by atoms with Gasteiger partial charge in [-0.25, -0.2) is 0 Å². The lowest BCUT2D eigenvalue weighted by molar-refractivity contribution is 0.486. The fraction of sp³-hybridized carbons (Fsp3) is 1.00. The Kier molecular flexibility index (Phi) is 8.95. The first-order valence-electron chi connectivity index (χ1n) is 6.33. The minimum absolute atomic E-state index is 0.574. The first kappa shape index (κ1) is 15.5. The minimum atomic E-state index is -2.35. The number of hydrogen-bond donors (Lipinski definition) is 0. The molecule has 0 heterocycles. The van der Waals surface area contributed by atoms with Crippen molar-refractivity contribution in [1.29, 1.82) is 0 Å². The average molecular weight is 253 g/mol. The van der Waals surface area contributed by atoms with Crippen molar-refractivity contribution in [2.45, 2.75) is 59.3 Å². The Hall–Kier alpha value is 0.520. The molecule has 0 bridgehead atoms. The predicted molar refractivity (Wildman–Crippen MR) is 71.4 cm³/mol. The van der Waals surface area contributed by atoms with E-state index in [1.807, 2.05) is 0 Å². The van der Waals surface area contributed by atoms with Gasteiger partial charge in [-0.1, -0.05) is 57.7 Å². The highest BCUT2D eigenvalue weighted by atomic mass is 35.7. The van der Waals surface area contributed by atoms with Crippen LogP contribution in [0.25, 0.3) is 0 Å². The summed E-state index contributed by atoms with van der Waals surface area (Å²) in [5, 5.41) is 0. The molecular formula is C12H26ClOP. The molecule has 0 saturated carbocycles. The van der Waals surface area contributed by atoms with Crippen LogP contribution in [0.1, 0.15) is 59.3 Å². The predicted octanol–water partition coefficient (Wildman–Crippen LogP) is 5.52. The van der Waals surface area contributed by atoms with Gasteiger partial charge < -0.3 is 4.57 Å². The lowest BCUT2D eigenvalue weighted by Gasteiger charge is -2.18. The maximum atomic E-state index is 12.1. The van der Waals surface area contributed by atoms with Crippen molar-refractivity contribution in [1.82, 2.24) is 0 Å². The molecule has 15 heavy (non-hydrogen) atoms. The van der Waals surface area contributed by atoms with Crippen molar-refractivity contribution in [2.75, 3.05) is 12.3 Å². The van der Waals surface area contributed by atoms with Crippen molar-refractivity contribution in [3.05, 3.63) is 0 Å². The highest BCUT2D eigenvalue weighted by Gasteiger charge is 2.22. The third-order valence-corrected chi connectivity index (χ3v) is 5.89. The summed E-state index contributed by atoms with van der Waals surface area (Å²) < 4.78 is 12.1. The summed E-state index contributed by atoms with van der Waals surface area (Å²) in [4.78, 5) is 0. The molecule has 0 rings (SSSR count). The van der Waals surface area contributed by atoms with Gasteiger partial charge in [0.25, 0.3) is 0 Å². The van der Waals surface area contributed by atoms with Crippen LogP contribution in [0, 0.1) is 5.92 Å². The summed E-state index contributed by atoms with van der Waals surface area (Å²) in [5.41, 5.74) is 0. The Labute approximate surface area is 100 Å². The first-order chi connectivity index (χ1) is 7.05. The maximum Gasteiger partial charge on any atom is 0.169 e. The minimum Gasteiger partial charge on any atom is -0.307 e. The van der Waals surface area contributed by atoms with Crippen molar-refractivity contribution in [3.63, 3.8) is 0 Å². The Bertz CT molecular complexity index is 194. The maximum absolute atomic E-state index is 12.1. The lowest BCUT2D eigenvalue weighted by Crippen LogP contribution is -2.05. The Morgan fingerprint density at radius 3 is 2.20 bits per heavy atom. The number of rotatable bonds is 9. The molecule has 0 radical (unpaired) electrons. The van der Waals surface area contributed by atoms with Crippen molar-refractivity contribution in [3.8, 4) is 0 Å². The molecule has 0 spiro atoms. The van der Waals surface area contributed by atoms with Gasteiger partial charge >= 0.3 is 0 Å². The van der Waals surface area contributed by atoms with Crippen LogP contribution < -0.4 is 0 Å². The first-order valence-corrected chi connectivity index (χ1v) is 9.31. The Morgan fingerprint density at radius 1 is 1.13 bits per heavy atom. The van der Waals surface area contributed by atoms with E-state index >= 15 is 0 Å². The molecule has 0 amide bonds. The van der Waals surface area contributed by atoms with Crippen LogP contribution in [-0.2, 0) is 4.57 Å². The largest absolute Gasteiger partial charge is 0.307 e. The van der Waals surface area contributed by atoms with Crippen LogP contribution in [0.3, 0.4) is 0 Å². The fourth-order valence-electron chi connectivity index (χ4n) is 1.79. The summed E-state index contributed by atoms with van der Waals surface area (Å²) in [6.07, 6.45) is 8.34. The van der Waals surface area contributed by atoms with E-state index in [1.165, 1.54) is 19.3 Å². The summed E-state index contributed by atoms with van der Waals surface area (Å²) in [5.74, 6) is 0.574. The van der Waals surface area contributed by atoms with Gasteiger partial charge in [-0.2, -0.15) is 0 Å². The molecule has 0 aliphatic carbocycles. The van der Waals surface area contributed by atoms with Gasteiger partial charge in [0.1, 0.15) is 0 Å². The Morgan fingerprint density at radius 2 is 1.73 bits per heavy atom. The van der Waals surface area contributed by atoms with Crippen molar-refractivity contribution < 1.29 is 4.57 Å². The molecule has 3 heteroatoms. The van der Waals surface area contributed by atoms with Crippen LogP contribution in [-0.4, -0.2) is 12.3 Å². The standard InChI is InChI=1S/C12H26ClOP/c1-4-7-9-12(6-3)11-15(13,14)10-8-5-2/h12H,4-11H2,1-3H3. The lowest BCUT2D eigenvalue weighted by atomic mass is 10.0. The van der Waals surface area contributed by atoms with E-state index < -0.39 is 6.49 Å². The number of unbranched alkanes of at least 4 members (excludes halogenated alkanes) is 2. The number of hydrogen-bond acceptors (Lipinski definition) is 1. The second-order valence-corrected chi connectivity index (χ2v) is 8.71. The molecule has 0 fully saturated rings. The quantitative estimate of drug-likeness (QED) is 0.494. The van der Waals surface area contributed by atoms with E-state index in [-0.39, 0.29) is 0 Å². The summed E-state index contributed by atoms with van der Waals surface area (Å²) >= 11 is 6.12. The van der Waals surface area contributed by atoms with Crippen molar-refractivity contribution >= 4 is 17.7 Å². The van der Waals surface area contributed by atoms with Crippen LogP contribution in [0.5, 0.6) is 0 Å². The van der Waals surface area contributed by atoms with E-state index in [2.05, 4.69) is 20.8 Å². The number of halogens is 1. The summed E-state index contributed by atoms with van der Waals surface area (Å²) in [6.45, 7) is 4.14. The molecule has 2 unspecified atom stereocenters. The molecule has 0 aliphatic rings. The average Bonchev–Trinajstić information content (AvgIpc) is 2.21. The topological polar surface area (TPSA) is 17.1 Å². The van der Waals surface area contributed by atoms with E-state index in [0.29, 0.717) is 5.92 Å². The zero-order chi connectivity index (χ0) is 11.7. The summed E-state index contributed by atoms with van der Waals surface area (Å²) in [6, 6.07) is 0. The monoisotopic (exact) mass is 252 g/mol. The highest BCUT2D eigenvalue weighted by molar-refractivity contribution is 7.89. The van der Waals surface area contributed by atoms with Crippen molar-refractivity contribution in [2.24, 2.45) is 5.92 Å². The summed E-state index contributed by atoms with van der Waals surface area (Å²) in [7, 11) is 0. The zero-order valence-corrected chi connectivity index (χ0v) is 12.1. The molecule has 0 aromatic heterocycles. The van der Waals surface area contributed by atoms with Gasteiger partial charge in [-0.05, 0) is 18.8 Å². The highest BCUT2D eigenvalue weighted by Crippen LogP contribution is 2.54. The van der Waals surface area contributed by atoms with Crippen LogP contribution in [0.15, 0.2) is 0 Å². The van der Waals surface area contributed by atoms with E-state index in [9.17, 15) is 4.57 Å². The smallest absolute Gasteiger partial charge is 0.169 e. The van der Waals surface area contributed by atoms with E-state index in [0.717, 1.165) is 31.6 Å². The van der Waals surface area contributed by atoms with Gasteiger partial charge in [0.2, 0.25) is 0 Å². The second-order valence-electron chi connectivity index (χ2n) is 4.47. The third kappa shape index (κ3) is 8.34. The molecule has 0 saturated heterocycles. The molecule has 0 aromatic rings. The molecule has 2 atom stereocenters. The Balaban J connectivity index is 3.97. The van der Waals surface area contributed by atoms with Gasteiger partial charge in [0, 0.05) is 12.3 Å². The molecular weight excluding hydrogens is 227 g/mol. The molecule has 0 aromatic carbocycles. The third-order valence-electron chi connectivity index (χ3n) is 2.92. The molecule has 92 valence electrons. The van der Waals surface area contributed by atoms with Crippen LogP contribution in [0.4, 0.5) is 0 Å².